The fraction of sp³-hybridized carbons (Fsp3) is 0.500. The first-order valence-electron chi connectivity index (χ1n) is 6.25. The first kappa shape index (κ1) is 12.1. The SMILES string of the molecule is Cc1ccc2c(c1)nc(CCCCCO)n2C. The van der Waals surface area contributed by atoms with Gasteiger partial charge in [-0.25, -0.2) is 4.98 Å². The Morgan fingerprint density at radius 2 is 2.06 bits per heavy atom. The average Bonchev–Trinajstić information content (AvgIpc) is 2.61. The van der Waals surface area contributed by atoms with E-state index in [1.54, 1.807) is 0 Å². The van der Waals surface area contributed by atoms with E-state index in [1.807, 2.05) is 0 Å². The van der Waals surface area contributed by atoms with E-state index in [2.05, 4.69) is 41.7 Å². The fourth-order valence-electron chi connectivity index (χ4n) is 2.16. The maximum absolute atomic E-state index is 8.74. The Kier molecular flexibility index (Phi) is 3.79. The zero-order valence-corrected chi connectivity index (χ0v) is 10.6. The third-order valence-corrected chi connectivity index (χ3v) is 3.19. The van der Waals surface area contributed by atoms with Gasteiger partial charge in [-0.3, -0.25) is 0 Å². The molecule has 0 aliphatic rings. The quantitative estimate of drug-likeness (QED) is 0.805. The van der Waals surface area contributed by atoms with E-state index in [9.17, 15) is 0 Å². The molecule has 2 aromatic rings. The van der Waals surface area contributed by atoms with Gasteiger partial charge in [0.05, 0.1) is 11.0 Å². The first-order valence-corrected chi connectivity index (χ1v) is 6.25. The number of aromatic nitrogens is 2. The van der Waals surface area contributed by atoms with Crippen molar-refractivity contribution >= 4 is 11.0 Å². The minimum atomic E-state index is 0.293. The van der Waals surface area contributed by atoms with E-state index in [4.69, 9.17) is 5.11 Å². The topological polar surface area (TPSA) is 38.1 Å². The Labute approximate surface area is 102 Å². The van der Waals surface area contributed by atoms with Crippen LogP contribution in [0.15, 0.2) is 18.2 Å². The molecule has 0 aliphatic heterocycles. The first-order chi connectivity index (χ1) is 8.22. The number of unbranched alkanes of at least 4 members (excludes halogenated alkanes) is 2. The predicted octanol–water partition coefficient (Wildman–Crippen LogP) is 2.59. The average molecular weight is 232 g/mol. The van der Waals surface area contributed by atoms with Crippen LogP contribution in [0.4, 0.5) is 0 Å². The lowest BCUT2D eigenvalue weighted by molar-refractivity contribution is 0.283. The van der Waals surface area contributed by atoms with Crippen molar-refractivity contribution in [2.75, 3.05) is 6.61 Å². The van der Waals surface area contributed by atoms with E-state index in [0.717, 1.165) is 37.0 Å². The molecular weight excluding hydrogens is 212 g/mol. The van der Waals surface area contributed by atoms with Crippen molar-refractivity contribution < 1.29 is 5.11 Å². The van der Waals surface area contributed by atoms with Gasteiger partial charge in [0.1, 0.15) is 5.82 Å². The number of aliphatic hydroxyl groups excluding tert-OH is 1. The van der Waals surface area contributed by atoms with Crippen molar-refractivity contribution in [2.24, 2.45) is 7.05 Å². The summed E-state index contributed by atoms with van der Waals surface area (Å²) >= 11 is 0. The molecule has 0 radical (unpaired) electrons. The monoisotopic (exact) mass is 232 g/mol. The molecule has 1 aromatic heterocycles. The number of benzene rings is 1. The van der Waals surface area contributed by atoms with Crippen molar-refractivity contribution in [3.8, 4) is 0 Å². The van der Waals surface area contributed by atoms with Gasteiger partial charge in [0.2, 0.25) is 0 Å². The maximum Gasteiger partial charge on any atom is 0.109 e. The molecule has 0 saturated carbocycles. The Morgan fingerprint density at radius 1 is 1.24 bits per heavy atom. The third-order valence-electron chi connectivity index (χ3n) is 3.19. The largest absolute Gasteiger partial charge is 0.396 e. The number of rotatable bonds is 5. The molecule has 0 unspecified atom stereocenters. The lowest BCUT2D eigenvalue weighted by Crippen LogP contribution is -1.98. The summed E-state index contributed by atoms with van der Waals surface area (Å²) in [5.74, 6) is 1.14. The van der Waals surface area contributed by atoms with E-state index in [1.165, 1.54) is 11.1 Å². The lowest BCUT2D eigenvalue weighted by atomic mass is 10.2. The van der Waals surface area contributed by atoms with Crippen LogP contribution in [0, 0.1) is 6.92 Å². The number of aliphatic hydroxyl groups is 1. The molecule has 0 fully saturated rings. The summed E-state index contributed by atoms with van der Waals surface area (Å²) in [4.78, 5) is 4.67. The number of hydrogen-bond acceptors (Lipinski definition) is 2. The van der Waals surface area contributed by atoms with Crippen molar-refractivity contribution in [3.63, 3.8) is 0 Å². The Morgan fingerprint density at radius 3 is 2.82 bits per heavy atom. The Balaban J connectivity index is 2.15. The summed E-state index contributed by atoms with van der Waals surface area (Å²) in [6.07, 6.45) is 4.04. The Hall–Kier alpha value is -1.35. The van der Waals surface area contributed by atoms with Crippen LogP contribution in [0.2, 0.25) is 0 Å². The summed E-state index contributed by atoms with van der Waals surface area (Å²) in [5, 5.41) is 8.74. The van der Waals surface area contributed by atoms with Crippen LogP contribution in [0.3, 0.4) is 0 Å². The second kappa shape index (κ2) is 5.32. The van der Waals surface area contributed by atoms with Crippen LogP contribution in [-0.4, -0.2) is 21.3 Å². The molecule has 1 heterocycles. The summed E-state index contributed by atoms with van der Waals surface area (Å²) in [7, 11) is 2.08. The zero-order chi connectivity index (χ0) is 12.3. The second-order valence-corrected chi connectivity index (χ2v) is 4.61. The molecule has 3 heteroatoms. The van der Waals surface area contributed by atoms with Gasteiger partial charge < -0.3 is 9.67 Å². The molecule has 3 nitrogen and oxygen atoms in total. The third kappa shape index (κ3) is 2.67. The van der Waals surface area contributed by atoms with Crippen molar-refractivity contribution in [1.29, 1.82) is 0 Å². The van der Waals surface area contributed by atoms with Gasteiger partial charge in [0.25, 0.3) is 0 Å². The normalized spacial score (nSPS) is 11.2. The molecular formula is C14H20N2O. The molecule has 0 spiro atoms. The molecule has 0 bridgehead atoms. The smallest absolute Gasteiger partial charge is 0.109 e. The summed E-state index contributed by atoms with van der Waals surface area (Å²) in [5.41, 5.74) is 3.54. The molecule has 2 rings (SSSR count). The van der Waals surface area contributed by atoms with Crippen LogP contribution >= 0.6 is 0 Å². The summed E-state index contributed by atoms with van der Waals surface area (Å²) < 4.78 is 2.17. The zero-order valence-electron chi connectivity index (χ0n) is 10.6. The van der Waals surface area contributed by atoms with Gasteiger partial charge >= 0.3 is 0 Å². The predicted molar refractivity (Wildman–Crippen MR) is 70.1 cm³/mol. The molecule has 0 aliphatic carbocycles. The van der Waals surface area contributed by atoms with Crippen LogP contribution < -0.4 is 0 Å². The van der Waals surface area contributed by atoms with Crippen LogP contribution in [-0.2, 0) is 13.5 Å². The molecule has 1 aromatic carbocycles. The van der Waals surface area contributed by atoms with Crippen molar-refractivity contribution in [3.05, 3.63) is 29.6 Å². The van der Waals surface area contributed by atoms with Crippen LogP contribution in [0.25, 0.3) is 11.0 Å². The van der Waals surface area contributed by atoms with E-state index >= 15 is 0 Å². The highest BCUT2D eigenvalue weighted by molar-refractivity contribution is 5.76. The minimum absolute atomic E-state index is 0.293. The minimum Gasteiger partial charge on any atom is -0.396 e. The van der Waals surface area contributed by atoms with Gasteiger partial charge in [-0.2, -0.15) is 0 Å². The molecule has 17 heavy (non-hydrogen) atoms. The highest BCUT2D eigenvalue weighted by Gasteiger charge is 2.06. The number of fused-ring (bicyclic) bond motifs is 1. The molecule has 0 atom stereocenters. The second-order valence-electron chi connectivity index (χ2n) is 4.61. The molecule has 1 N–H and O–H groups in total. The number of nitrogens with zero attached hydrogens (tertiary/aromatic N) is 2. The van der Waals surface area contributed by atoms with E-state index in [0.29, 0.717) is 6.61 Å². The van der Waals surface area contributed by atoms with E-state index < -0.39 is 0 Å². The van der Waals surface area contributed by atoms with Crippen LogP contribution in [0.5, 0.6) is 0 Å². The highest BCUT2D eigenvalue weighted by Crippen LogP contribution is 2.17. The van der Waals surface area contributed by atoms with E-state index in [-0.39, 0.29) is 0 Å². The summed E-state index contributed by atoms with van der Waals surface area (Å²) in [6.45, 7) is 2.39. The molecule has 92 valence electrons. The van der Waals surface area contributed by atoms with Crippen LogP contribution in [0.1, 0.15) is 30.7 Å². The molecule has 0 saturated heterocycles. The number of hydrogen-bond donors (Lipinski definition) is 1. The molecule has 0 amide bonds. The van der Waals surface area contributed by atoms with Gasteiger partial charge in [-0.15, -0.1) is 0 Å². The number of aryl methyl sites for hydroxylation is 3. The van der Waals surface area contributed by atoms with Crippen molar-refractivity contribution in [2.45, 2.75) is 32.6 Å². The van der Waals surface area contributed by atoms with Gasteiger partial charge in [0, 0.05) is 20.1 Å². The van der Waals surface area contributed by atoms with Gasteiger partial charge in [-0.05, 0) is 37.5 Å². The highest BCUT2D eigenvalue weighted by atomic mass is 16.2. The fourth-order valence-corrected chi connectivity index (χ4v) is 2.16. The standard InChI is InChI=1S/C14H20N2O/c1-11-7-8-13-12(10-11)15-14(16(13)2)6-4-3-5-9-17/h7-8,10,17H,3-6,9H2,1-2H3. The van der Waals surface area contributed by atoms with Gasteiger partial charge in [0.15, 0.2) is 0 Å². The maximum atomic E-state index is 8.74. The van der Waals surface area contributed by atoms with Crippen molar-refractivity contribution in [1.82, 2.24) is 9.55 Å². The Bertz CT molecular complexity index is 502. The van der Waals surface area contributed by atoms with Gasteiger partial charge in [-0.1, -0.05) is 12.5 Å². The summed E-state index contributed by atoms with van der Waals surface area (Å²) in [6, 6.07) is 6.39. The lowest BCUT2D eigenvalue weighted by Gasteiger charge is -2.01. The number of imidazole rings is 1.